The second-order valence-corrected chi connectivity index (χ2v) is 2.53. The van der Waals surface area contributed by atoms with Gasteiger partial charge in [0.2, 0.25) is 5.60 Å². The van der Waals surface area contributed by atoms with Crippen LogP contribution in [0.15, 0.2) is 0 Å². The summed E-state index contributed by atoms with van der Waals surface area (Å²) >= 11 is 0. The molecule has 0 amide bonds. The number of carbonyl (C=O) groups is 3. The molecule has 0 aromatic heterocycles. The molecule has 0 spiro atoms. The van der Waals surface area contributed by atoms with Crippen LogP contribution in [0.1, 0.15) is 12.8 Å². The van der Waals surface area contributed by atoms with Crippen LogP contribution in [-0.2, 0) is 19.3 Å². The first kappa shape index (κ1) is 17.0. The molecule has 0 aliphatic heterocycles. The molecule has 0 heterocycles. The van der Waals surface area contributed by atoms with Gasteiger partial charge in [0, 0.05) is 0 Å². The first-order valence-corrected chi connectivity index (χ1v) is 3.33. The minimum atomic E-state index is -2.64. The van der Waals surface area contributed by atoms with Gasteiger partial charge in [0.05, 0.1) is 12.8 Å². The number of rotatable bonds is 6. The monoisotopic (exact) mass is 250 g/mol. The van der Waals surface area contributed by atoms with E-state index in [9.17, 15) is 14.4 Å². The Morgan fingerprint density at radius 1 is 1.00 bits per heavy atom. The summed E-state index contributed by atoms with van der Waals surface area (Å²) in [7, 11) is 0. The third-order valence-corrected chi connectivity index (χ3v) is 1.44. The molecule has 0 aromatic carbocycles. The molecule has 0 atom stereocenters. The van der Waals surface area contributed by atoms with E-state index in [2.05, 4.69) is 4.89 Å². The van der Waals surface area contributed by atoms with Crippen molar-refractivity contribution in [3.63, 3.8) is 0 Å². The maximum atomic E-state index is 10.5. The van der Waals surface area contributed by atoms with Crippen molar-refractivity contribution in [2.24, 2.45) is 0 Å². The van der Waals surface area contributed by atoms with Gasteiger partial charge in [-0.2, -0.15) is 0 Å². The van der Waals surface area contributed by atoms with Crippen molar-refractivity contribution in [2.45, 2.75) is 18.4 Å². The molecule has 0 aromatic rings. The Bertz CT molecular complexity index is 246. The van der Waals surface area contributed by atoms with Gasteiger partial charge < -0.3 is 15.3 Å². The summed E-state index contributed by atoms with van der Waals surface area (Å²) in [6.07, 6.45) is -2.30. The van der Waals surface area contributed by atoms with Gasteiger partial charge in [-0.25, -0.2) is 9.68 Å². The summed E-state index contributed by atoms with van der Waals surface area (Å²) < 4.78 is 0. The van der Waals surface area contributed by atoms with Gasteiger partial charge in [-0.05, 0) is 0 Å². The molecule has 0 unspecified atom stereocenters. The molecule has 0 saturated carbocycles. The Morgan fingerprint density at radius 2 is 1.33 bits per heavy atom. The molecule has 0 rings (SSSR count). The summed E-state index contributed by atoms with van der Waals surface area (Å²) in [5, 5.41) is 33.3. The van der Waals surface area contributed by atoms with Crippen molar-refractivity contribution in [1.82, 2.24) is 0 Å². The quantitative estimate of drug-likeness (QED) is 0.249. The summed E-state index contributed by atoms with van der Waals surface area (Å²) in [4.78, 5) is 34.4. The van der Waals surface area contributed by atoms with E-state index in [1.165, 1.54) is 0 Å². The first-order chi connectivity index (χ1) is 6.34. The number of aliphatic carboxylic acids is 3. The topological polar surface area (TPSA) is 141 Å². The third kappa shape index (κ3) is 5.28. The van der Waals surface area contributed by atoms with Gasteiger partial charge in [-0.3, -0.25) is 14.8 Å². The van der Waals surface area contributed by atoms with Crippen molar-refractivity contribution in [3.8, 4) is 0 Å². The zero-order valence-electron chi connectivity index (χ0n) is 6.84. The van der Waals surface area contributed by atoms with E-state index in [1.54, 1.807) is 0 Å². The van der Waals surface area contributed by atoms with Gasteiger partial charge in [0.25, 0.3) is 0 Å². The third-order valence-electron chi connectivity index (χ3n) is 1.44. The molecule has 0 bridgehead atoms. The number of carboxylic acid groups (broad SMARTS) is 3. The van der Waals surface area contributed by atoms with E-state index in [1.807, 2.05) is 0 Å². The number of hydrogen-bond acceptors (Lipinski definition) is 5. The second kappa shape index (κ2) is 6.96. The first-order valence-electron chi connectivity index (χ1n) is 3.33. The Labute approximate surface area is 113 Å². The van der Waals surface area contributed by atoms with Crippen LogP contribution < -0.4 is 0 Å². The van der Waals surface area contributed by atoms with E-state index in [4.69, 9.17) is 20.6 Å². The van der Waals surface area contributed by atoms with E-state index < -0.39 is 36.4 Å². The van der Waals surface area contributed by atoms with Crippen LogP contribution in [0.4, 0.5) is 0 Å². The Kier molecular flexibility index (Phi) is 7.89. The SMILES string of the molecule is O=C(O)CC(CC(=O)O)(OO)C(=O)O.[CaH2]. The van der Waals surface area contributed by atoms with Crippen LogP contribution in [0.25, 0.3) is 0 Å². The molecule has 9 heteroatoms. The van der Waals surface area contributed by atoms with Gasteiger partial charge >= 0.3 is 55.6 Å². The number of carboxylic acids is 3. The van der Waals surface area contributed by atoms with E-state index in [0.29, 0.717) is 0 Å². The Balaban J connectivity index is 0. The van der Waals surface area contributed by atoms with Gasteiger partial charge in [-0.15, -0.1) is 0 Å². The molecule has 84 valence electrons. The fourth-order valence-corrected chi connectivity index (χ4v) is 0.806. The van der Waals surface area contributed by atoms with Crippen LogP contribution in [-0.4, -0.2) is 81.8 Å². The van der Waals surface area contributed by atoms with Crippen molar-refractivity contribution < 1.29 is 39.8 Å². The molecular formula is C6H10CaO8. The molecule has 0 saturated heterocycles. The fraction of sp³-hybridized carbons (Fsp3) is 0.500. The normalized spacial score (nSPS) is 10.2. The van der Waals surface area contributed by atoms with E-state index in [-0.39, 0.29) is 37.7 Å². The molecule has 4 N–H and O–H groups in total. The van der Waals surface area contributed by atoms with Crippen molar-refractivity contribution in [3.05, 3.63) is 0 Å². The summed E-state index contributed by atoms with van der Waals surface area (Å²) in [5.74, 6) is -5.05. The average Bonchev–Trinajstić information content (AvgIpc) is 2.00. The summed E-state index contributed by atoms with van der Waals surface area (Å²) in [6, 6.07) is 0. The molecule has 0 fully saturated rings. The van der Waals surface area contributed by atoms with Gasteiger partial charge in [-0.1, -0.05) is 0 Å². The van der Waals surface area contributed by atoms with E-state index in [0.717, 1.165) is 0 Å². The van der Waals surface area contributed by atoms with Gasteiger partial charge in [0.15, 0.2) is 0 Å². The molecule has 0 aliphatic rings. The van der Waals surface area contributed by atoms with Crippen LogP contribution in [0, 0.1) is 0 Å². The average molecular weight is 250 g/mol. The zero-order valence-corrected chi connectivity index (χ0v) is 6.84. The van der Waals surface area contributed by atoms with Crippen molar-refractivity contribution in [2.75, 3.05) is 0 Å². The standard InChI is InChI=1S/C6H8O8.Ca.2H/c7-3(8)1-6(14-13,5(11)12)2-4(9)10;;;/h13H,1-2H2,(H,7,8)(H,9,10)(H,11,12);;;. The number of hydrogen-bond donors (Lipinski definition) is 4. The Hall–Kier alpha value is -0.410. The Morgan fingerprint density at radius 3 is 1.47 bits per heavy atom. The second-order valence-electron chi connectivity index (χ2n) is 2.53. The minimum absolute atomic E-state index is 0. The zero-order chi connectivity index (χ0) is 11.4. The summed E-state index contributed by atoms with van der Waals surface area (Å²) in [5.41, 5.74) is -2.64. The molecule has 0 radical (unpaired) electrons. The van der Waals surface area contributed by atoms with Crippen LogP contribution >= 0.6 is 0 Å². The maximum absolute atomic E-state index is 10.5. The van der Waals surface area contributed by atoms with E-state index >= 15 is 0 Å². The van der Waals surface area contributed by atoms with Crippen LogP contribution in [0.3, 0.4) is 0 Å². The van der Waals surface area contributed by atoms with Crippen molar-refractivity contribution in [1.29, 1.82) is 0 Å². The fourth-order valence-electron chi connectivity index (χ4n) is 0.806. The summed E-state index contributed by atoms with van der Waals surface area (Å²) in [6.45, 7) is 0. The van der Waals surface area contributed by atoms with Crippen LogP contribution in [0.5, 0.6) is 0 Å². The van der Waals surface area contributed by atoms with Crippen molar-refractivity contribution >= 4 is 55.6 Å². The molecule has 15 heavy (non-hydrogen) atoms. The van der Waals surface area contributed by atoms with Gasteiger partial charge in [0.1, 0.15) is 0 Å². The molecule has 0 aliphatic carbocycles. The molecular weight excluding hydrogens is 240 g/mol. The molecule has 8 nitrogen and oxygen atoms in total. The predicted octanol–water partition coefficient (Wildman–Crippen LogP) is -1.67. The van der Waals surface area contributed by atoms with Crippen LogP contribution in [0.2, 0.25) is 0 Å². The predicted molar refractivity (Wildman–Crippen MR) is 47.1 cm³/mol.